The van der Waals surface area contributed by atoms with Crippen LogP contribution >= 0.6 is 51.2 Å². The number of phenolic OH excluding ortho intramolecular Hbond substituents is 1. The molecule has 2 amide bonds. The Morgan fingerprint density at radius 2 is 1.72 bits per heavy atom. The number of hydrogen-bond donors (Lipinski definition) is 2. The van der Waals surface area contributed by atoms with Gasteiger partial charge in [0, 0.05) is 15.3 Å². The number of anilines is 1. The molecular formula is C20H13BrN2O3S3. The summed E-state index contributed by atoms with van der Waals surface area (Å²) in [6, 6.07) is 14.0. The number of amides is 2. The van der Waals surface area contributed by atoms with Crippen molar-refractivity contribution in [3.05, 3.63) is 67.4 Å². The van der Waals surface area contributed by atoms with Gasteiger partial charge in [-0.2, -0.15) is 0 Å². The Balaban J connectivity index is 1.64. The van der Waals surface area contributed by atoms with Gasteiger partial charge >= 0.3 is 0 Å². The molecule has 0 saturated carbocycles. The number of halogens is 1. The lowest BCUT2D eigenvalue weighted by molar-refractivity contribution is -0.122. The van der Waals surface area contributed by atoms with Crippen molar-refractivity contribution in [2.24, 2.45) is 5.92 Å². The molecule has 0 bridgehead atoms. The molecule has 9 heteroatoms. The van der Waals surface area contributed by atoms with Gasteiger partial charge in [-0.05, 0) is 54.2 Å². The van der Waals surface area contributed by atoms with E-state index >= 15 is 0 Å². The number of phenols is 1. The van der Waals surface area contributed by atoms with Crippen LogP contribution in [0.4, 0.5) is 5.69 Å². The normalized spacial score (nSPS) is 23.2. The summed E-state index contributed by atoms with van der Waals surface area (Å²) in [5.74, 6) is -1.10. The number of aromatic amines is 1. The maximum atomic E-state index is 13.5. The Labute approximate surface area is 187 Å². The van der Waals surface area contributed by atoms with Gasteiger partial charge in [-0.25, -0.2) is 4.90 Å². The first-order valence-corrected chi connectivity index (χ1v) is 11.7. The second-order valence-electron chi connectivity index (χ2n) is 6.83. The third-order valence-corrected chi connectivity index (χ3v) is 8.44. The smallest absolute Gasteiger partial charge is 0.248 e. The summed E-state index contributed by atoms with van der Waals surface area (Å²) < 4.78 is 1.50. The van der Waals surface area contributed by atoms with Crippen molar-refractivity contribution in [3.63, 3.8) is 0 Å². The lowest BCUT2D eigenvalue weighted by Crippen LogP contribution is -2.32. The van der Waals surface area contributed by atoms with E-state index < -0.39 is 11.2 Å². The monoisotopic (exact) mass is 504 g/mol. The van der Waals surface area contributed by atoms with Gasteiger partial charge in [0.15, 0.2) is 3.95 Å². The third kappa shape index (κ3) is 3.07. The summed E-state index contributed by atoms with van der Waals surface area (Å²) in [6.45, 7) is 0. The van der Waals surface area contributed by atoms with Crippen LogP contribution in [-0.4, -0.2) is 27.2 Å². The van der Waals surface area contributed by atoms with Crippen LogP contribution < -0.4 is 4.90 Å². The van der Waals surface area contributed by atoms with Crippen LogP contribution in [0.3, 0.4) is 0 Å². The molecule has 0 unspecified atom stereocenters. The zero-order valence-corrected chi connectivity index (χ0v) is 18.7. The van der Waals surface area contributed by atoms with E-state index in [2.05, 4.69) is 20.9 Å². The summed E-state index contributed by atoms with van der Waals surface area (Å²) in [4.78, 5) is 32.2. The molecule has 0 spiro atoms. The van der Waals surface area contributed by atoms with Gasteiger partial charge in [0.1, 0.15) is 11.0 Å². The molecule has 3 heterocycles. The first kappa shape index (κ1) is 19.0. The first-order valence-electron chi connectivity index (χ1n) is 8.76. The summed E-state index contributed by atoms with van der Waals surface area (Å²) in [5, 5.41) is 10.0. The molecule has 2 N–H and O–H groups in total. The Bertz CT molecular complexity index is 1190. The molecule has 2 aliphatic heterocycles. The van der Waals surface area contributed by atoms with Gasteiger partial charge in [-0.15, -0.1) is 11.3 Å². The van der Waals surface area contributed by atoms with Crippen molar-refractivity contribution < 1.29 is 14.7 Å². The maximum Gasteiger partial charge on any atom is 0.248 e. The number of nitrogens with one attached hydrogen (secondary N) is 1. The Morgan fingerprint density at radius 3 is 2.41 bits per heavy atom. The highest BCUT2D eigenvalue weighted by Gasteiger charge is 2.56. The molecule has 2 aliphatic rings. The number of thiazole rings is 1. The number of H-pyrrole nitrogens is 1. The van der Waals surface area contributed by atoms with Gasteiger partial charge in [-0.1, -0.05) is 39.8 Å². The number of thioether (sulfide) groups is 1. The quantitative estimate of drug-likeness (QED) is 0.376. The minimum atomic E-state index is -0.533. The van der Waals surface area contributed by atoms with Crippen molar-refractivity contribution in [1.82, 2.24) is 4.98 Å². The number of fused-ring (bicyclic) bond motifs is 2. The number of benzene rings is 2. The number of carbonyl (C=O) groups is 2. The number of nitrogens with zero attached hydrogens (tertiary/aromatic N) is 1. The van der Waals surface area contributed by atoms with Crippen molar-refractivity contribution in [2.75, 3.05) is 4.90 Å². The topological polar surface area (TPSA) is 73.4 Å². The van der Waals surface area contributed by atoms with Crippen LogP contribution in [0.1, 0.15) is 16.4 Å². The molecule has 29 heavy (non-hydrogen) atoms. The van der Waals surface area contributed by atoms with Gasteiger partial charge in [0.25, 0.3) is 0 Å². The maximum absolute atomic E-state index is 13.5. The first-order chi connectivity index (χ1) is 13.9. The van der Waals surface area contributed by atoms with Gasteiger partial charge < -0.3 is 10.1 Å². The average molecular weight is 505 g/mol. The number of rotatable bonds is 2. The molecule has 1 fully saturated rings. The number of hydrogen-bond acceptors (Lipinski definition) is 6. The third-order valence-electron chi connectivity index (χ3n) is 5.16. The van der Waals surface area contributed by atoms with E-state index in [0.717, 1.165) is 19.9 Å². The average Bonchev–Trinajstić information content (AvgIpc) is 3.19. The zero-order chi connectivity index (χ0) is 20.3. The van der Waals surface area contributed by atoms with Gasteiger partial charge in [0.2, 0.25) is 11.8 Å². The molecular weight excluding hydrogens is 492 g/mol. The fourth-order valence-electron chi connectivity index (χ4n) is 3.90. The lowest BCUT2D eigenvalue weighted by atomic mass is 9.83. The summed E-state index contributed by atoms with van der Waals surface area (Å²) in [6.07, 6.45) is 0. The summed E-state index contributed by atoms with van der Waals surface area (Å²) in [5.41, 5.74) is 1.45. The van der Waals surface area contributed by atoms with Crippen LogP contribution in [0.25, 0.3) is 0 Å². The largest absolute Gasteiger partial charge is 0.508 e. The van der Waals surface area contributed by atoms with E-state index in [4.69, 9.17) is 12.2 Å². The number of imide groups is 1. The Hall–Kier alpha value is -1.94. The molecule has 3 atom stereocenters. The standard InChI is InChI=1S/C20H13BrN2O3S3/c21-10-3-5-11(6-4-10)23-18(25)14-13(9-1-7-12(24)8-2-9)15-17(22-20(27)29-15)28-16(14)19(23)26/h1-8,13-14,16,24H,(H,22,27)/t13-,14-,16-/m1/s1. The van der Waals surface area contributed by atoms with Crippen molar-refractivity contribution in [1.29, 1.82) is 0 Å². The van der Waals surface area contributed by atoms with E-state index in [1.807, 2.05) is 12.1 Å². The number of aromatic hydroxyl groups is 1. The predicted octanol–water partition coefficient (Wildman–Crippen LogP) is 5.07. The van der Waals surface area contributed by atoms with Crippen LogP contribution in [-0.2, 0) is 9.59 Å². The second kappa shape index (κ2) is 7.09. The zero-order valence-electron chi connectivity index (χ0n) is 14.7. The van der Waals surface area contributed by atoms with Crippen LogP contribution in [0.5, 0.6) is 5.75 Å². The van der Waals surface area contributed by atoms with E-state index in [0.29, 0.717) is 9.64 Å². The Morgan fingerprint density at radius 1 is 1.03 bits per heavy atom. The van der Waals surface area contributed by atoms with Crippen molar-refractivity contribution >= 4 is 68.7 Å². The lowest BCUT2D eigenvalue weighted by Gasteiger charge is -2.29. The highest BCUT2D eigenvalue weighted by Crippen LogP contribution is 2.54. The van der Waals surface area contributed by atoms with Crippen molar-refractivity contribution in [2.45, 2.75) is 16.2 Å². The van der Waals surface area contributed by atoms with Gasteiger partial charge in [-0.3, -0.25) is 9.59 Å². The van der Waals surface area contributed by atoms with Crippen LogP contribution in [0.15, 0.2) is 58.0 Å². The van der Waals surface area contributed by atoms with E-state index in [9.17, 15) is 14.7 Å². The summed E-state index contributed by atoms with van der Waals surface area (Å²) in [7, 11) is 0. The SMILES string of the molecule is O=C1[C@@H]2[C@@H](c3ccc(O)cc3)c3sc(=S)[nH]c3S[C@H]2C(=O)N1c1ccc(Br)cc1. The predicted molar refractivity (Wildman–Crippen MR) is 119 cm³/mol. The minimum absolute atomic E-state index is 0.155. The van der Waals surface area contributed by atoms with Crippen LogP contribution in [0.2, 0.25) is 0 Å². The fourth-order valence-corrected chi connectivity index (χ4v) is 7.13. The summed E-state index contributed by atoms with van der Waals surface area (Å²) >= 11 is 11.5. The molecule has 5 rings (SSSR count). The minimum Gasteiger partial charge on any atom is -0.508 e. The fraction of sp³-hybridized carbons (Fsp3) is 0.150. The Kier molecular flexibility index (Phi) is 4.65. The molecule has 146 valence electrons. The molecule has 2 aromatic carbocycles. The number of carbonyl (C=O) groups excluding carboxylic acids is 2. The van der Waals surface area contributed by atoms with Crippen LogP contribution in [0, 0.1) is 9.87 Å². The highest BCUT2D eigenvalue weighted by molar-refractivity contribution is 9.10. The van der Waals surface area contributed by atoms with E-state index in [1.54, 1.807) is 36.4 Å². The van der Waals surface area contributed by atoms with E-state index in [-0.39, 0.29) is 23.5 Å². The van der Waals surface area contributed by atoms with Crippen molar-refractivity contribution in [3.8, 4) is 5.75 Å². The molecule has 5 nitrogen and oxygen atoms in total. The molecule has 3 aromatic rings. The molecule has 0 aliphatic carbocycles. The van der Waals surface area contributed by atoms with E-state index in [1.165, 1.54) is 28.0 Å². The highest BCUT2D eigenvalue weighted by atomic mass is 79.9. The number of aromatic nitrogens is 1. The van der Waals surface area contributed by atoms with Gasteiger partial charge in [0.05, 0.1) is 16.6 Å². The molecule has 0 radical (unpaired) electrons. The molecule has 1 aromatic heterocycles. The molecule has 1 saturated heterocycles. The second-order valence-corrected chi connectivity index (χ2v) is 10.6.